The Morgan fingerprint density at radius 2 is 2.26 bits per heavy atom. The smallest absolute Gasteiger partial charge is 0.129 e. The van der Waals surface area contributed by atoms with Crippen LogP contribution in [-0.4, -0.2) is 38.8 Å². The highest BCUT2D eigenvalue weighted by Crippen LogP contribution is 2.20. The third kappa shape index (κ3) is 3.78. The average molecular weight is 261 g/mol. The molecule has 104 valence electrons. The van der Waals surface area contributed by atoms with Gasteiger partial charge in [0.05, 0.1) is 6.61 Å². The molecule has 0 unspecified atom stereocenters. The van der Waals surface area contributed by atoms with Crippen LogP contribution in [0, 0.1) is 6.92 Å². The van der Waals surface area contributed by atoms with Crippen LogP contribution in [-0.2, 0) is 11.3 Å². The molecule has 0 radical (unpaired) electrons. The van der Waals surface area contributed by atoms with Gasteiger partial charge in [0, 0.05) is 32.4 Å². The minimum Gasteiger partial charge on any atom is -0.380 e. The van der Waals surface area contributed by atoms with Crippen LogP contribution in [0.25, 0.3) is 0 Å². The highest BCUT2D eigenvalue weighted by Gasteiger charge is 2.14. The van der Waals surface area contributed by atoms with E-state index in [1.54, 1.807) is 7.11 Å². The van der Waals surface area contributed by atoms with Gasteiger partial charge in [0.1, 0.15) is 5.82 Å². The van der Waals surface area contributed by atoms with Crippen molar-refractivity contribution in [3.63, 3.8) is 0 Å². The molecule has 0 saturated heterocycles. The van der Waals surface area contributed by atoms with Gasteiger partial charge in [0.15, 0.2) is 0 Å². The van der Waals surface area contributed by atoms with Crippen LogP contribution in [0.3, 0.4) is 0 Å². The number of hydrogen-bond acceptors (Lipinski definition) is 4. The summed E-state index contributed by atoms with van der Waals surface area (Å²) in [6.07, 6.45) is 3.32. The lowest BCUT2D eigenvalue weighted by atomic mass is 10.1. The summed E-state index contributed by atoms with van der Waals surface area (Å²) in [5.74, 6) is 1.08. The van der Waals surface area contributed by atoms with E-state index in [-0.39, 0.29) is 0 Å². The fourth-order valence-electron chi connectivity index (χ4n) is 2.42. The fraction of sp³-hybridized carbons (Fsp3) is 0.533. The third-order valence-corrected chi connectivity index (χ3v) is 3.34. The number of hydrogen-bond donors (Lipinski definition) is 1. The molecule has 4 nitrogen and oxygen atoms in total. The van der Waals surface area contributed by atoms with Gasteiger partial charge in [-0.2, -0.15) is 0 Å². The van der Waals surface area contributed by atoms with E-state index >= 15 is 0 Å². The highest BCUT2D eigenvalue weighted by molar-refractivity contribution is 5.44. The topological polar surface area (TPSA) is 37.4 Å². The number of methoxy groups -OCH3 is 1. The number of aromatic nitrogens is 1. The lowest BCUT2D eigenvalue weighted by Crippen LogP contribution is -2.30. The maximum Gasteiger partial charge on any atom is 0.129 e. The first-order valence-corrected chi connectivity index (χ1v) is 6.77. The molecule has 0 aliphatic carbocycles. The van der Waals surface area contributed by atoms with Gasteiger partial charge in [-0.3, -0.25) is 0 Å². The fourth-order valence-corrected chi connectivity index (χ4v) is 2.42. The Kier molecular flexibility index (Phi) is 4.93. The van der Waals surface area contributed by atoms with Crippen LogP contribution in [0.5, 0.6) is 0 Å². The number of nitrogens with zero attached hydrogens (tertiary/aromatic N) is 2. The molecule has 0 fully saturated rings. The summed E-state index contributed by atoms with van der Waals surface area (Å²) in [6.45, 7) is 5.63. The molecular weight excluding hydrogens is 238 g/mol. The number of nitrogens with one attached hydrogen (secondary N) is 1. The second-order valence-electron chi connectivity index (χ2n) is 5.00. The van der Waals surface area contributed by atoms with Crippen molar-refractivity contribution in [3.05, 3.63) is 35.0 Å². The molecular formula is C15H23N3O. The van der Waals surface area contributed by atoms with Gasteiger partial charge in [-0.05, 0) is 43.7 Å². The summed E-state index contributed by atoms with van der Waals surface area (Å²) >= 11 is 0. The first-order valence-electron chi connectivity index (χ1n) is 6.77. The Hall–Kier alpha value is -1.39. The van der Waals surface area contributed by atoms with Gasteiger partial charge in [0.2, 0.25) is 0 Å². The van der Waals surface area contributed by atoms with Gasteiger partial charge in [-0.25, -0.2) is 4.98 Å². The molecule has 0 amide bonds. The standard InChI is InChI=1S/C15H23N3O/c1-12-8-14(10-16-2)9-15(17-12)18-6-4-13(5-7-18)11-19-3/h4,8-9,16H,5-7,10-11H2,1-3H3. The molecule has 19 heavy (non-hydrogen) atoms. The second kappa shape index (κ2) is 6.68. The maximum absolute atomic E-state index is 5.18. The predicted octanol–water partition coefficient (Wildman–Crippen LogP) is 1.89. The van der Waals surface area contributed by atoms with Crippen molar-refractivity contribution < 1.29 is 4.74 Å². The van der Waals surface area contributed by atoms with E-state index in [2.05, 4.69) is 40.3 Å². The van der Waals surface area contributed by atoms with Crippen LogP contribution in [0.4, 0.5) is 5.82 Å². The van der Waals surface area contributed by atoms with Crippen LogP contribution in [0.1, 0.15) is 17.7 Å². The van der Waals surface area contributed by atoms with Gasteiger partial charge < -0.3 is 15.0 Å². The van der Waals surface area contributed by atoms with Crippen LogP contribution >= 0.6 is 0 Å². The summed E-state index contributed by atoms with van der Waals surface area (Å²) in [5, 5.41) is 3.19. The molecule has 0 atom stereocenters. The largest absolute Gasteiger partial charge is 0.380 e. The Morgan fingerprint density at radius 1 is 1.42 bits per heavy atom. The van der Waals surface area contributed by atoms with E-state index in [4.69, 9.17) is 4.74 Å². The monoisotopic (exact) mass is 261 g/mol. The van der Waals surface area contributed by atoms with Crippen molar-refractivity contribution in [2.24, 2.45) is 0 Å². The van der Waals surface area contributed by atoms with Crippen molar-refractivity contribution in [1.82, 2.24) is 10.3 Å². The Balaban J connectivity index is 2.10. The van der Waals surface area contributed by atoms with Gasteiger partial charge in [-0.1, -0.05) is 6.08 Å². The zero-order chi connectivity index (χ0) is 13.7. The van der Waals surface area contributed by atoms with Gasteiger partial charge >= 0.3 is 0 Å². The number of pyridine rings is 1. The molecule has 0 bridgehead atoms. The summed E-state index contributed by atoms with van der Waals surface area (Å²) in [4.78, 5) is 6.97. The predicted molar refractivity (Wildman–Crippen MR) is 78.5 cm³/mol. The van der Waals surface area contributed by atoms with Crippen LogP contribution < -0.4 is 10.2 Å². The van der Waals surface area contributed by atoms with Crippen molar-refractivity contribution in [2.45, 2.75) is 19.9 Å². The van der Waals surface area contributed by atoms with Crippen molar-refractivity contribution in [2.75, 3.05) is 38.8 Å². The van der Waals surface area contributed by atoms with Gasteiger partial charge in [-0.15, -0.1) is 0 Å². The minimum absolute atomic E-state index is 0.750. The molecule has 2 rings (SSSR count). The van der Waals surface area contributed by atoms with E-state index in [1.807, 2.05) is 7.05 Å². The summed E-state index contributed by atoms with van der Waals surface area (Å²) in [7, 11) is 3.72. The molecule has 1 aliphatic heterocycles. The van der Waals surface area contributed by atoms with E-state index in [1.165, 1.54) is 11.1 Å². The third-order valence-electron chi connectivity index (χ3n) is 3.34. The number of ether oxygens (including phenoxy) is 1. The molecule has 0 spiro atoms. The zero-order valence-corrected chi connectivity index (χ0v) is 12.1. The van der Waals surface area contributed by atoms with E-state index in [0.29, 0.717) is 0 Å². The van der Waals surface area contributed by atoms with Crippen LogP contribution in [0.15, 0.2) is 23.8 Å². The van der Waals surface area contributed by atoms with Crippen LogP contribution in [0.2, 0.25) is 0 Å². The first kappa shape index (κ1) is 14.0. The molecule has 1 aliphatic rings. The molecule has 2 heterocycles. The molecule has 0 aromatic carbocycles. The summed E-state index contributed by atoms with van der Waals surface area (Å²) < 4.78 is 5.18. The van der Waals surface area contributed by atoms with Crippen molar-refractivity contribution in [3.8, 4) is 0 Å². The Morgan fingerprint density at radius 3 is 2.89 bits per heavy atom. The summed E-state index contributed by atoms with van der Waals surface area (Å²) in [6, 6.07) is 4.31. The maximum atomic E-state index is 5.18. The normalized spacial score (nSPS) is 15.5. The first-order chi connectivity index (χ1) is 9.22. The van der Waals surface area contributed by atoms with E-state index in [9.17, 15) is 0 Å². The van der Waals surface area contributed by atoms with E-state index < -0.39 is 0 Å². The Bertz CT molecular complexity index is 457. The molecule has 0 saturated carbocycles. The molecule has 1 aromatic heterocycles. The lowest BCUT2D eigenvalue weighted by molar-refractivity contribution is 0.222. The van der Waals surface area contributed by atoms with E-state index in [0.717, 1.165) is 44.2 Å². The minimum atomic E-state index is 0.750. The molecule has 1 aromatic rings. The zero-order valence-electron chi connectivity index (χ0n) is 12.1. The number of aryl methyl sites for hydroxylation is 1. The average Bonchev–Trinajstić information content (AvgIpc) is 2.40. The molecule has 1 N–H and O–H groups in total. The highest BCUT2D eigenvalue weighted by atomic mass is 16.5. The quantitative estimate of drug-likeness (QED) is 0.821. The lowest BCUT2D eigenvalue weighted by Gasteiger charge is -2.28. The van der Waals surface area contributed by atoms with Gasteiger partial charge in [0.25, 0.3) is 0 Å². The second-order valence-corrected chi connectivity index (χ2v) is 5.00. The SMILES string of the molecule is CNCc1cc(C)nc(N2CC=C(COC)CC2)c1. The number of anilines is 1. The number of rotatable bonds is 5. The van der Waals surface area contributed by atoms with Crippen molar-refractivity contribution in [1.29, 1.82) is 0 Å². The van der Waals surface area contributed by atoms with Crippen molar-refractivity contribution >= 4 is 5.82 Å². The Labute approximate surface area is 115 Å². The molecule has 4 heteroatoms. The summed E-state index contributed by atoms with van der Waals surface area (Å²) in [5.41, 5.74) is 3.76.